The highest BCUT2D eigenvalue weighted by atomic mass is 16.5. The van der Waals surface area contributed by atoms with Crippen LogP contribution in [0.3, 0.4) is 0 Å². The van der Waals surface area contributed by atoms with Crippen molar-refractivity contribution < 1.29 is 38.2 Å². The molecule has 1 unspecified atom stereocenters. The molecule has 4 aromatic rings. The van der Waals surface area contributed by atoms with Gasteiger partial charge in [-0.3, -0.25) is 33.9 Å². The SMILES string of the molecule is COc1cc2c(cc1OCCCCCC(=O)N1CCc3c1cc(OCc1ccc(NC(=O)CCCCCN4C(=O)C=CC4=O)cc1)c1ccccc31)N=CC1CCCN1C2=O. The Morgan fingerprint density at radius 2 is 1.57 bits per heavy atom. The van der Waals surface area contributed by atoms with E-state index in [1.807, 2.05) is 58.5 Å². The largest absolute Gasteiger partial charge is 0.493 e. The number of hydrogen-bond donors (Lipinski definition) is 1. The van der Waals surface area contributed by atoms with E-state index in [0.29, 0.717) is 86.2 Å². The molecule has 0 saturated carbocycles. The van der Waals surface area contributed by atoms with Gasteiger partial charge in [-0.15, -0.1) is 0 Å². The molecule has 0 aromatic heterocycles. The van der Waals surface area contributed by atoms with Crippen molar-refractivity contribution in [1.29, 1.82) is 0 Å². The number of carbonyl (C=O) groups is 5. The average molecular weight is 826 g/mol. The smallest absolute Gasteiger partial charge is 0.256 e. The molecule has 0 aliphatic carbocycles. The van der Waals surface area contributed by atoms with E-state index in [-0.39, 0.29) is 35.6 Å². The maximum Gasteiger partial charge on any atom is 0.256 e. The minimum absolute atomic E-state index is 0.0250. The lowest BCUT2D eigenvalue weighted by Crippen LogP contribution is -2.35. The van der Waals surface area contributed by atoms with E-state index >= 15 is 0 Å². The summed E-state index contributed by atoms with van der Waals surface area (Å²) in [5.41, 5.74) is 4.80. The number of hydrogen-bond acceptors (Lipinski definition) is 9. The van der Waals surface area contributed by atoms with Gasteiger partial charge in [0.15, 0.2) is 11.5 Å². The first-order valence-corrected chi connectivity index (χ1v) is 21.4. The van der Waals surface area contributed by atoms with Crippen LogP contribution < -0.4 is 24.4 Å². The average Bonchev–Trinajstić information content (AvgIpc) is 4.00. The second-order valence-corrected chi connectivity index (χ2v) is 15.9. The van der Waals surface area contributed by atoms with Crippen molar-refractivity contribution in [3.8, 4) is 17.2 Å². The van der Waals surface area contributed by atoms with E-state index in [2.05, 4.69) is 22.4 Å². The van der Waals surface area contributed by atoms with E-state index < -0.39 is 0 Å². The highest BCUT2D eigenvalue weighted by Crippen LogP contribution is 2.41. The van der Waals surface area contributed by atoms with Gasteiger partial charge in [-0.2, -0.15) is 0 Å². The van der Waals surface area contributed by atoms with Crippen molar-refractivity contribution in [2.45, 2.75) is 83.3 Å². The van der Waals surface area contributed by atoms with Crippen molar-refractivity contribution in [1.82, 2.24) is 9.80 Å². The van der Waals surface area contributed by atoms with Crippen molar-refractivity contribution in [2.24, 2.45) is 4.99 Å². The summed E-state index contributed by atoms with van der Waals surface area (Å²) in [4.78, 5) is 72.4. The molecule has 61 heavy (non-hydrogen) atoms. The molecule has 1 saturated heterocycles. The fourth-order valence-electron chi connectivity index (χ4n) is 8.56. The predicted octanol–water partition coefficient (Wildman–Crippen LogP) is 7.70. The zero-order chi connectivity index (χ0) is 42.3. The summed E-state index contributed by atoms with van der Waals surface area (Å²) in [6.07, 6.45) is 12.2. The Labute approximate surface area is 355 Å². The molecule has 0 radical (unpaired) electrons. The van der Waals surface area contributed by atoms with Crippen LogP contribution in [0, 0.1) is 0 Å². The van der Waals surface area contributed by atoms with Crippen molar-refractivity contribution >= 4 is 63.6 Å². The van der Waals surface area contributed by atoms with Crippen LogP contribution in [0.4, 0.5) is 17.1 Å². The Bertz CT molecular complexity index is 2370. The molecule has 1 atom stereocenters. The van der Waals surface area contributed by atoms with Crippen LogP contribution in [-0.2, 0) is 32.2 Å². The summed E-state index contributed by atoms with van der Waals surface area (Å²) in [6.45, 7) is 2.48. The van der Waals surface area contributed by atoms with E-state index in [1.165, 1.54) is 17.1 Å². The lowest BCUT2D eigenvalue weighted by Gasteiger charge is -2.20. The summed E-state index contributed by atoms with van der Waals surface area (Å²) in [5, 5.41) is 5.02. The molecule has 0 spiro atoms. The van der Waals surface area contributed by atoms with Gasteiger partial charge in [0.05, 0.1) is 36.7 Å². The van der Waals surface area contributed by atoms with Crippen LogP contribution in [0.5, 0.6) is 17.2 Å². The number of nitrogens with zero attached hydrogens (tertiary/aromatic N) is 4. The van der Waals surface area contributed by atoms with E-state index in [9.17, 15) is 24.0 Å². The number of unbranched alkanes of at least 4 members (excludes halogenated alkanes) is 4. The van der Waals surface area contributed by atoms with Crippen molar-refractivity contribution in [2.75, 3.05) is 43.6 Å². The van der Waals surface area contributed by atoms with Gasteiger partial charge >= 0.3 is 0 Å². The van der Waals surface area contributed by atoms with Crippen LogP contribution in [0.25, 0.3) is 10.8 Å². The molecule has 4 aliphatic heterocycles. The highest BCUT2D eigenvalue weighted by Gasteiger charge is 2.33. The second kappa shape index (κ2) is 18.8. The quantitative estimate of drug-likeness (QED) is 0.0794. The summed E-state index contributed by atoms with van der Waals surface area (Å²) in [7, 11) is 1.57. The van der Waals surface area contributed by atoms with Gasteiger partial charge in [0.2, 0.25) is 11.8 Å². The maximum absolute atomic E-state index is 13.6. The molecule has 1 fully saturated rings. The summed E-state index contributed by atoms with van der Waals surface area (Å²) in [6, 6.07) is 21.3. The van der Waals surface area contributed by atoms with Gasteiger partial charge in [0.25, 0.3) is 17.7 Å². The summed E-state index contributed by atoms with van der Waals surface area (Å²) in [5.74, 6) is 1.17. The molecule has 4 heterocycles. The molecule has 13 nitrogen and oxygen atoms in total. The molecular formula is C48H51N5O8. The molecule has 5 amide bonds. The number of methoxy groups -OCH3 is 1. The predicted molar refractivity (Wildman–Crippen MR) is 233 cm³/mol. The topological polar surface area (TPSA) is 147 Å². The number of ether oxygens (including phenoxy) is 3. The number of imide groups is 1. The number of amides is 5. The molecule has 1 N–H and O–H groups in total. The zero-order valence-corrected chi connectivity index (χ0v) is 34.5. The van der Waals surface area contributed by atoms with Crippen molar-refractivity contribution in [3.63, 3.8) is 0 Å². The first kappa shape index (κ1) is 41.2. The number of carbonyl (C=O) groups excluding carboxylic acids is 5. The summed E-state index contributed by atoms with van der Waals surface area (Å²) >= 11 is 0. The van der Waals surface area contributed by atoms with Crippen LogP contribution in [0.1, 0.15) is 85.7 Å². The van der Waals surface area contributed by atoms with Gasteiger partial charge in [-0.1, -0.05) is 42.8 Å². The molecule has 0 bridgehead atoms. The number of nitrogens with one attached hydrogen (secondary N) is 1. The number of anilines is 2. The Balaban J connectivity index is 0.802. The van der Waals surface area contributed by atoms with Crippen molar-refractivity contribution in [3.05, 3.63) is 95.6 Å². The van der Waals surface area contributed by atoms with E-state index in [4.69, 9.17) is 14.2 Å². The van der Waals surface area contributed by atoms with Gasteiger partial charge < -0.3 is 29.3 Å². The van der Waals surface area contributed by atoms with E-state index in [1.54, 1.807) is 19.2 Å². The number of benzene rings is 4. The minimum Gasteiger partial charge on any atom is -0.493 e. The Kier molecular flexibility index (Phi) is 12.7. The number of rotatable bonds is 18. The normalized spacial score (nSPS) is 16.5. The Morgan fingerprint density at radius 1 is 0.803 bits per heavy atom. The monoisotopic (exact) mass is 825 g/mol. The summed E-state index contributed by atoms with van der Waals surface area (Å²) < 4.78 is 18.1. The molecule has 8 rings (SSSR count). The molecule has 4 aromatic carbocycles. The molecule has 13 heteroatoms. The third-order valence-corrected chi connectivity index (χ3v) is 11.8. The molecule has 316 valence electrons. The fourth-order valence-corrected chi connectivity index (χ4v) is 8.56. The van der Waals surface area contributed by atoms with Crippen LogP contribution in [-0.4, -0.2) is 84.9 Å². The third-order valence-electron chi connectivity index (χ3n) is 11.8. The lowest BCUT2D eigenvalue weighted by atomic mass is 10.0. The first-order chi connectivity index (χ1) is 29.8. The number of aliphatic imine (C=N–C) groups is 1. The lowest BCUT2D eigenvalue weighted by molar-refractivity contribution is -0.137. The zero-order valence-electron chi connectivity index (χ0n) is 34.5. The van der Waals surface area contributed by atoms with Crippen LogP contribution in [0.2, 0.25) is 0 Å². The molecule has 4 aliphatic rings. The maximum atomic E-state index is 13.6. The Hall–Kier alpha value is -6.50. The highest BCUT2D eigenvalue weighted by molar-refractivity contribution is 6.13. The standard InChI is InChI=1S/C48H51N5O8/c1-59-42-27-38-39(49-30-34-11-10-24-51(34)48(38)58)28-43(42)60-26-9-3-5-15-45(55)52-25-22-36-35-12-6-7-13-37(35)41(29-40(36)52)61-31-32-16-18-33(19-17-32)50-44(54)14-4-2-8-23-53-46(56)20-21-47(53)57/h6-7,12-13,16-21,27-30,34H,2-5,8-11,14-15,22-26,31H2,1H3,(H,50,54). The van der Waals surface area contributed by atoms with Gasteiger partial charge in [0, 0.05) is 74.0 Å². The van der Waals surface area contributed by atoms with Crippen LogP contribution >= 0.6 is 0 Å². The Morgan fingerprint density at radius 3 is 2.38 bits per heavy atom. The fraction of sp³-hybridized carbons (Fsp3) is 0.375. The number of fused-ring (bicyclic) bond motifs is 5. The van der Waals surface area contributed by atoms with Gasteiger partial charge in [-0.25, -0.2) is 0 Å². The third kappa shape index (κ3) is 9.30. The second-order valence-electron chi connectivity index (χ2n) is 15.9. The van der Waals surface area contributed by atoms with E-state index in [0.717, 1.165) is 79.1 Å². The van der Waals surface area contributed by atoms with Crippen LogP contribution in [0.15, 0.2) is 83.9 Å². The minimum atomic E-state index is -0.282. The first-order valence-electron chi connectivity index (χ1n) is 21.4. The van der Waals surface area contributed by atoms with Gasteiger partial charge in [-0.05, 0) is 86.1 Å². The van der Waals surface area contributed by atoms with Gasteiger partial charge in [0.1, 0.15) is 12.4 Å². The molecular weight excluding hydrogens is 775 g/mol.